The summed E-state index contributed by atoms with van der Waals surface area (Å²) in [4.78, 5) is 12.9. The Labute approximate surface area is 125 Å². The molecular formula is C14H16BrNO4. The van der Waals surface area contributed by atoms with Gasteiger partial charge in [0.05, 0.1) is 6.42 Å². The summed E-state index contributed by atoms with van der Waals surface area (Å²) < 4.78 is 12.1. The number of benzene rings is 1. The van der Waals surface area contributed by atoms with Crippen LogP contribution in [0.2, 0.25) is 0 Å². The first-order chi connectivity index (χ1) is 9.61. The van der Waals surface area contributed by atoms with E-state index in [1.165, 1.54) is 0 Å². The molecule has 1 aromatic rings. The van der Waals surface area contributed by atoms with Gasteiger partial charge in [-0.25, -0.2) is 0 Å². The Hall–Kier alpha value is -1.27. The van der Waals surface area contributed by atoms with Gasteiger partial charge in [0.25, 0.3) is 0 Å². The number of carboxylic acid groups (broad SMARTS) is 1. The minimum atomic E-state index is -0.713. The number of fused-ring (bicyclic) bond motifs is 1. The van der Waals surface area contributed by atoms with E-state index in [-0.39, 0.29) is 12.3 Å². The van der Waals surface area contributed by atoms with Crippen LogP contribution < -0.4 is 9.47 Å². The second-order valence-corrected chi connectivity index (χ2v) is 6.10. The quantitative estimate of drug-likeness (QED) is 0.908. The van der Waals surface area contributed by atoms with E-state index < -0.39 is 5.97 Å². The lowest BCUT2D eigenvalue weighted by atomic mass is 9.96. The van der Waals surface area contributed by atoms with Crippen molar-refractivity contribution in [1.82, 2.24) is 4.90 Å². The Balaban J connectivity index is 1.62. The van der Waals surface area contributed by atoms with Gasteiger partial charge in [-0.2, -0.15) is 0 Å². The minimum Gasteiger partial charge on any atom is -0.486 e. The van der Waals surface area contributed by atoms with Crippen LogP contribution in [0.25, 0.3) is 0 Å². The van der Waals surface area contributed by atoms with Gasteiger partial charge in [-0.1, -0.05) is 15.9 Å². The molecule has 0 amide bonds. The van der Waals surface area contributed by atoms with Crippen LogP contribution >= 0.6 is 15.9 Å². The number of likely N-dealkylation sites (tertiary alicyclic amines) is 1. The molecule has 0 aliphatic carbocycles. The molecule has 108 valence electrons. The van der Waals surface area contributed by atoms with Crippen LogP contribution in [0.15, 0.2) is 16.6 Å². The van der Waals surface area contributed by atoms with E-state index in [0.29, 0.717) is 13.2 Å². The predicted molar refractivity (Wildman–Crippen MR) is 76.2 cm³/mol. The predicted octanol–water partition coefficient (Wildman–Crippen LogP) is 2.13. The molecule has 1 aromatic carbocycles. The summed E-state index contributed by atoms with van der Waals surface area (Å²) in [5.41, 5.74) is 1.14. The van der Waals surface area contributed by atoms with Crippen LogP contribution in [0, 0.1) is 5.92 Å². The minimum absolute atomic E-state index is 0.263. The van der Waals surface area contributed by atoms with Gasteiger partial charge in [-0.15, -0.1) is 0 Å². The number of aliphatic carboxylic acids is 1. The van der Waals surface area contributed by atoms with E-state index in [2.05, 4.69) is 20.8 Å². The molecule has 0 atom stereocenters. The zero-order chi connectivity index (χ0) is 14.1. The average Bonchev–Trinajstić information content (AvgIpc) is 2.36. The molecule has 0 spiro atoms. The number of carboxylic acids is 1. The van der Waals surface area contributed by atoms with Gasteiger partial charge in [-0.05, 0) is 23.6 Å². The van der Waals surface area contributed by atoms with Crippen molar-refractivity contribution in [3.8, 4) is 11.5 Å². The number of rotatable bonds is 4. The van der Waals surface area contributed by atoms with Crippen molar-refractivity contribution < 1.29 is 19.4 Å². The third-order valence-electron chi connectivity index (χ3n) is 3.60. The number of hydrogen-bond acceptors (Lipinski definition) is 4. The summed E-state index contributed by atoms with van der Waals surface area (Å²) in [6, 6.07) is 3.95. The zero-order valence-corrected chi connectivity index (χ0v) is 12.6. The molecule has 1 saturated heterocycles. The summed E-state index contributed by atoms with van der Waals surface area (Å²) in [6.07, 6.45) is 0.263. The summed E-state index contributed by atoms with van der Waals surface area (Å²) in [7, 11) is 0. The normalized spacial score (nSPS) is 18.6. The highest BCUT2D eigenvalue weighted by Gasteiger charge is 2.29. The molecule has 3 rings (SSSR count). The second kappa shape index (κ2) is 5.61. The lowest BCUT2D eigenvalue weighted by Gasteiger charge is -2.38. The molecule has 1 N–H and O–H groups in total. The van der Waals surface area contributed by atoms with Crippen LogP contribution in [-0.4, -0.2) is 42.3 Å². The lowest BCUT2D eigenvalue weighted by molar-refractivity contribution is -0.139. The molecular weight excluding hydrogens is 326 g/mol. The maximum Gasteiger partial charge on any atom is 0.303 e. The van der Waals surface area contributed by atoms with Crippen LogP contribution in [0.4, 0.5) is 0 Å². The lowest BCUT2D eigenvalue weighted by Crippen LogP contribution is -2.46. The van der Waals surface area contributed by atoms with Gasteiger partial charge >= 0.3 is 5.97 Å². The van der Waals surface area contributed by atoms with Gasteiger partial charge in [0.2, 0.25) is 0 Å². The average molecular weight is 342 g/mol. The molecule has 0 radical (unpaired) electrons. The van der Waals surface area contributed by atoms with Crippen molar-refractivity contribution in [3.05, 3.63) is 22.2 Å². The van der Waals surface area contributed by atoms with Gasteiger partial charge in [0, 0.05) is 24.1 Å². The van der Waals surface area contributed by atoms with Crippen LogP contribution in [0.5, 0.6) is 11.5 Å². The monoisotopic (exact) mass is 341 g/mol. The van der Waals surface area contributed by atoms with Gasteiger partial charge in [0.1, 0.15) is 13.2 Å². The molecule has 5 nitrogen and oxygen atoms in total. The van der Waals surface area contributed by atoms with Crippen LogP contribution in [0.1, 0.15) is 12.0 Å². The highest BCUT2D eigenvalue weighted by molar-refractivity contribution is 9.10. The fraction of sp³-hybridized carbons (Fsp3) is 0.500. The van der Waals surface area contributed by atoms with Gasteiger partial charge in [-0.3, -0.25) is 9.69 Å². The maximum atomic E-state index is 10.6. The van der Waals surface area contributed by atoms with Crippen molar-refractivity contribution >= 4 is 21.9 Å². The van der Waals surface area contributed by atoms with Gasteiger partial charge < -0.3 is 14.6 Å². The fourth-order valence-electron chi connectivity index (χ4n) is 2.65. The van der Waals surface area contributed by atoms with E-state index in [1.807, 2.05) is 12.1 Å². The van der Waals surface area contributed by atoms with Crippen molar-refractivity contribution in [3.63, 3.8) is 0 Å². The Kier molecular flexibility index (Phi) is 3.85. The molecule has 2 aliphatic rings. The maximum absolute atomic E-state index is 10.6. The first-order valence-electron chi connectivity index (χ1n) is 6.64. The topological polar surface area (TPSA) is 59.0 Å². The van der Waals surface area contributed by atoms with Crippen molar-refractivity contribution in [2.24, 2.45) is 5.92 Å². The summed E-state index contributed by atoms with van der Waals surface area (Å²) in [5, 5.41) is 8.74. The second-order valence-electron chi connectivity index (χ2n) is 5.25. The number of hydrogen-bond donors (Lipinski definition) is 1. The molecule has 0 unspecified atom stereocenters. The molecule has 1 fully saturated rings. The Morgan fingerprint density at radius 2 is 1.95 bits per heavy atom. The largest absolute Gasteiger partial charge is 0.486 e. The van der Waals surface area contributed by atoms with Crippen LogP contribution in [0.3, 0.4) is 0 Å². The molecule has 2 aliphatic heterocycles. The number of ether oxygens (including phenoxy) is 2. The van der Waals surface area contributed by atoms with Crippen molar-refractivity contribution in [2.45, 2.75) is 13.0 Å². The molecule has 6 heteroatoms. The fourth-order valence-corrected chi connectivity index (χ4v) is 3.10. The molecule has 2 heterocycles. The highest BCUT2D eigenvalue weighted by atomic mass is 79.9. The van der Waals surface area contributed by atoms with Crippen molar-refractivity contribution in [2.75, 3.05) is 26.3 Å². The third-order valence-corrected chi connectivity index (χ3v) is 4.34. The number of carbonyl (C=O) groups is 1. The molecule has 0 aromatic heterocycles. The van der Waals surface area contributed by atoms with E-state index in [1.54, 1.807) is 0 Å². The molecule has 0 bridgehead atoms. The third kappa shape index (κ3) is 2.91. The first kappa shape index (κ1) is 13.7. The van der Waals surface area contributed by atoms with Crippen LogP contribution in [-0.2, 0) is 11.3 Å². The van der Waals surface area contributed by atoms with E-state index >= 15 is 0 Å². The molecule has 20 heavy (non-hydrogen) atoms. The Morgan fingerprint density at radius 1 is 1.30 bits per heavy atom. The summed E-state index contributed by atoms with van der Waals surface area (Å²) >= 11 is 3.56. The highest BCUT2D eigenvalue weighted by Crippen LogP contribution is 2.36. The zero-order valence-electron chi connectivity index (χ0n) is 11.0. The smallest absolute Gasteiger partial charge is 0.303 e. The standard InChI is InChI=1S/C14H16BrNO4/c15-11-5-13-12(19-1-2-20-13)4-10(11)8-16-6-9(7-16)3-14(17)18/h4-5,9H,1-3,6-8H2,(H,17,18). The SMILES string of the molecule is O=C(O)CC1CN(Cc2cc3c(cc2Br)OCCO3)C1. The summed E-state index contributed by atoms with van der Waals surface area (Å²) in [5.74, 6) is 1.13. The number of nitrogens with zero attached hydrogens (tertiary/aromatic N) is 1. The molecule has 0 saturated carbocycles. The summed E-state index contributed by atoms with van der Waals surface area (Å²) in [6.45, 7) is 3.65. The van der Waals surface area contributed by atoms with Gasteiger partial charge in [0.15, 0.2) is 11.5 Å². The Morgan fingerprint density at radius 3 is 2.60 bits per heavy atom. The Bertz CT molecular complexity index is 528. The van der Waals surface area contributed by atoms with E-state index in [4.69, 9.17) is 14.6 Å². The first-order valence-corrected chi connectivity index (χ1v) is 7.43. The van der Waals surface area contributed by atoms with E-state index in [9.17, 15) is 4.79 Å². The van der Waals surface area contributed by atoms with Crippen molar-refractivity contribution in [1.29, 1.82) is 0 Å². The number of halogens is 1. The van der Waals surface area contributed by atoms with E-state index in [0.717, 1.165) is 41.2 Å².